The Kier molecular flexibility index (Phi) is 3.57. The van der Waals surface area contributed by atoms with Crippen LogP contribution in [-0.2, 0) is 6.54 Å². The number of rotatable bonds is 4. The highest BCUT2D eigenvalue weighted by atomic mass is 79.9. The molecule has 2 aliphatic heterocycles. The normalized spacial score (nSPS) is 31.6. The maximum atomic E-state index is 3.72. The third kappa shape index (κ3) is 2.75. The van der Waals surface area contributed by atoms with Crippen LogP contribution in [0, 0.1) is 5.92 Å². The summed E-state index contributed by atoms with van der Waals surface area (Å²) in [7, 11) is 2.25. The molecule has 2 fully saturated rings. The zero-order valence-electron chi connectivity index (χ0n) is 10.2. The molecular formula is C13H19BrN2S. The molecule has 2 aliphatic rings. The molecule has 1 aromatic rings. The summed E-state index contributed by atoms with van der Waals surface area (Å²) in [5, 5.41) is 5.89. The van der Waals surface area contributed by atoms with Crippen LogP contribution in [0.3, 0.4) is 0 Å². The molecule has 0 radical (unpaired) electrons. The lowest BCUT2D eigenvalue weighted by Gasteiger charge is -2.25. The summed E-state index contributed by atoms with van der Waals surface area (Å²) in [4.78, 5) is 3.93. The van der Waals surface area contributed by atoms with Crippen LogP contribution in [0.15, 0.2) is 15.9 Å². The van der Waals surface area contributed by atoms with E-state index in [0.717, 1.165) is 24.5 Å². The Bertz CT molecular complexity index is 393. The molecule has 3 heterocycles. The second kappa shape index (κ2) is 5.00. The molecule has 3 unspecified atom stereocenters. The largest absolute Gasteiger partial charge is 0.311 e. The molecule has 2 saturated heterocycles. The summed E-state index contributed by atoms with van der Waals surface area (Å²) in [5.74, 6) is 0.877. The van der Waals surface area contributed by atoms with Gasteiger partial charge in [0, 0.05) is 39.9 Å². The number of hydrogen-bond acceptors (Lipinski definition) is 3. The molecule has 2 nitrogen and oxygen atoms in total. The topological polar surface area (TPSA) is 15.3 Å². The van der Waals surface area contributed by atoms with Crippen LogP contribution in [0.25, 0.3) is 0 Å². The van der Waals surface area contributed by atoms with Crippen molar-refractivity contribution in [3.05, 3.63) is 20.8 Å². The molecule has 1 aromatic heterocycles. The van der Waals surface area contributed by atoms with Gasteiger partial charge in [-0.15, -0.1) is 11.3 Å². The van der Waals surface area contributed by atoms with Gasteiger partial charge in [0.25, 0.3) is 0 Å². The first-order chi connectivity index (χ1) is 8.20. The number of nitrogens with zero attached hydrogens (tertiary/aromatic N) is 1. The van der Waals surface area contributed by atoms with Crippen molar-refractivity contribution >= 4 is 27.3 Å². The molecule has 3 atom stereocenters. The first kappa shape index (κ1) is 12.2. The van der Waals surface area contributed by atoms with Crippen molar-refractivity contribution in [1.82, 2.24) is 10.2 Å². The van der Waals surface area contributed by atoms with E-state index in [1.807, 2.05) is 11.3 Å². The minimum atomic E-state index is 0.803. The van der Waals surface area contributed by atoms with E-state index in [4.69, 9.17) is 0 Å². The minimum absolute atomic E-state index is 0.803. The van der Waals surface area contributed by atoms with Gasteiger partial charge in [-0.25, -0.2) is 0 Å². The predicted molar refractivity (Wildman–Crippen MR) is 76.4 cm³/mol. The summed E-state index contributed by atoms with van der Waals surface area (Å²) < 4.78 is 1.22. The highest BCUT2D eigenvalue weighted by Gasteiger charge is 2.39. The fourth-order valence-electron chi connectivity index (χ4n) is 3.31. The average Bonchev–Trinajstić information content (AvgIpc) is 2.95. The third-order valence-electron chi connectivity index (χ3n) is 4.03. The standard InChI is InChI=1S/C13H19BrN2S/c1-16(7-12-5-10(14)8-17-12)6-9-4-11-2-3-13(9)15-11/h5,8-9,11,13,15H,2-4,6-7H2,1H3. The van der Waals surface area contributed by atoms with Crippen LogP contribution in [-0.4, -0.2) is 30.6 Å². The predicted octanol–water partition coefficient (Wildman–Crippen LogP) is 3.08. The maximum absolute atomic E-state index is 3.72. The van der Waals surface area contributed by atoms with Crippen molar-refractivity contribution in [2.45, 2.75) is 37.9 Å². The Morgan fingerprint density at radius 2 is 2.41 bits per heavy atom. The lowest BCUT2D eigenvalue weighted by molar-refractivity contribution is 0.244. The smallest absolute Gasteiger partial charge is 0.0325 e. The van der Waals surface area contributed by atoms with Crippen LogP contribution in [0.4, 0.5) is 0 Å². The van der Waals surface area contributed by atoms with Crippen molar-refractivity contribution < 1.29 is 0 Å². The van der Waals surface area contributed by atoms with E-state index in [-0.39, 0.29) is 0 Å². The van der Waals surface area contributed by atoms with Gasteiger partial charge in [0.2, 0.25) is 0 Å². The molecule has 3 rings (SSSR count). The Morgan fingerprint density at radius 1 is 1.53 bits per heavy atom. The van der Waals surface area contributed by atoms with E-state index >= 15 is 0 Å². The minimum Gasteiger partial charge on any atom is -0.311 e. The van der Waals surface area contributed by atoms with Crippen molar-refractivity contribution in [3.63, 3.8) is 0 Å². The fourth-order valence-corrected chi connectivity index (χ4v) is 4.84. The van der Waals surface area contributed by atoms with Crippen LogP contribution in [0.1, 0.15) is 24.1 Å². The summed E-state index contributed by atoms with van der Waals surface area (Å²) in [6, 6.07) is 3.87. The van der Waals surface area contributed by atoms with E-state index in [0.29, 0.717) is 0 Å². The van der Waals surface area contributed by atoms with E-state index in [1.165, 1.54) is 35.2 Å². The first-order valence-electron chi connectivity index (χ1n) is 6.38. The average molecular weight is 315 g/mol. The van der Waals surface area contributed by atoms with Crippen molar-refractivity contribution in [1.29, 1.82) is 0 Å². The van der Waals surface area contributed by atoms with Gasteiger partial charge in [-0.2, -0.15) is 0 Å². The molecule has 0 aliphatic carbocycles. The molecule has 94 valence electrons. The van der Waals surface area contributed by atoms with Gasteiger partial charge in [0.05, 0.1) is 0 Å². The number of nitrogens with one attached hydrogen (secondary N) is 1. The lowest BCUT2D eigenvalue weighted by Crippen LogP contribution is -2.32. The van der Waals surface area contributed by atoms with Gasteiger partial charge in [-0.1, -0.05) is 0 Å². The fraction of sp³-hybridized carbons (Fsp3) is 0.692. The quantitative estimate of drug-likeness (QED) is 0.918. The van der Waals surface area contributed by atoms with Crippen LogP contribution < -0.4 is 5.32 Å². The molecule has 17 heavy (non-hydrogen) atoms. The summed E-state index contributed by atoms with van der Waals surface area (Å²) in [6.45, 7) is 2.33. The highest BCUT2D eigenvalue weighted by molar-refractivity contribution is 9.10. The van der Waals surface area contributed by atoms with Gasteiger partial charge in [-0.05, 0) is 54.2 Å². The molecule has 0 amide bonds. The van der Waals surface area contributed by atoms with E-state index in [9.17, 15) is 0 Å². The highest BCUT2D eigenvalue weighted by Crippen LogP contribution is 2.33. The number of fused-ring (bicyclic) bond motifs is 2. The molecule has 0 spiro atoms. The van der Waals surface area contributed by atoms with E-state index in [2.05, 4.69) is 44.6 Å². The third-order valence-corrected chi connectivity index (χ3v) is 5.71. The van der Waals surface area contributed by atoms with E-state index < -0.39 is 0 Å². The molecule has 0 aromatic carbocycles. The summed E-state index contributed by atoms with van der Waals surface area (Å²) in [5.41, 5.74) is 0. The summed E-state index contributed by atoms with van der Waals surface area (Å²) in [6.07, 6.45) is 4.19. The molecular weight excluding hydrogens is 296 g/mol. The zero-order valence-corrected chi connectivity index (χ0v) is 12.6. The second-order valence-corrected chi connectivity index (χ2v) is 7.38. The molecule has 1 N–H and O–H groups in total. The van der Waals surface area contributed by atoms with Crippen molar-refractivity contribution in [2.24, 2.45) is 5.92 Å². The first-order valence-corrected chi connectivity index (χ1v) is 8.05. The maximum Gasteiger partial charge on any atom is 0.0325 e. The van der Waals surface area contributed by atoms with Gasteiger partial charge in [0.15, 0.2) is 0 Å². The SMILES string of the molecule is CN(Cc1cc(Br)cs1)CC1CC2CCC1N2. The van der Waals surface area contributed by atoms with Crippen LogP contribution in [0.5, 0.6) is 0 Å². The van der Waals surface area contributed by atoms with Crippen LogP contribution in [0.2, 0.25) is 0 Å². The number of thiophene rings is 1. The Morgan fingerprint density at radius 3 is 3.00 bits per heavy atom. The molecule has 0 saturated carbocycles. The van der Waals surface area contributed by atoms with Crippen molar-refractivity contribution in [2.75, 3.05) is 13.6 Å². The van der Waals surface area contributed by atoms with Crippen molar-refractivity contribution in [3.8, 4) is 0 Å². The zero-order chi connectivity index (χ0) is 11.8. The van der Waals surface area contributed by atoms with Crippen LogP contribution >= 0.6 is 27.3 Å². The Hall–Kier alpha value is 0.1000. The second-order valence-electron chi connectivity index (χ2n) is 5.47. The Labute approximate surface area is 116 Å². The van der Waals surface area contributed by atoms with E-state index in [1.54, 1.807) is 0 Å². The Balaban J connectivity index is 1.52. The number of halogens is 1. The van der Waals surface area contributed by atoms with Gasteiger partial charge < -0.3 is 10.2 Å². The summed E-state index contributed by atoms with van der Waals surface area (Å²) >= 11 is 5.37. The molecule has 2 bridgehead atoms. The monoisotopic (exact) mass is 314 g/mol. The van der Waals surface area contributed by atoms with Gasteiger partial charge in [-0.3, -0.25) is 0 Å². The van der Waals surface area contributed by atoms with Gasteiger partial charge >= 0.3 is 0 Å². The lowest BCUT2D eigenvalue weighted by atomic mass is 9.89. The van der Waals surface area contributed by atoms with Gasteiger partial charge in [0.1, 0.15) is 0 Å². The number of hydrogen-bond donors (Lipinski definition) is 1. The molecule has 4 heteroatoms.